The predicted molar refractivity (Wildman–Crippen MR) is 79.4 cm³/mol. The molecule has 0 heterocycles. The molecule has 0 unspecified atom stereocenters. The number of carbonyl (C=O) groups is 1. The zero-order chi connectivity index (χ0) is 15.5. The molecule has 0 radical (unpaired) electrons. The van der Waals surface area contributed by atoms with Gasteiger partial charge in [-0.1, -0.05) is 24.3 Å². The van der Waals surface area contributed by atoms with Crippen molar-refractivity contribution >= 4 is 5.97 Å². The highest BCUT2D eigenvalue weighted by atomic mass is 16.4. The third-order valence-electron chi connectivity index (χ3n) is 3.58. The quantitative estimate of drug-likeness (QED) is 0.789. The van der Waals surface area contributed by atoms with Gasteiger partial charge in [0.2, 0.25) is 0 Å². The van der Waals surface area contributed by atoms with Gasteiger partial charge in [0.1, 0.15) is 11.5 Å². The Morgan fingerprint density at radius 1 is 0.857 bits per heavy atom. The molecule has 0 bridgehead atoms. The molecule has 0 atom stereocenters. The highest BCUT2D eigenvalue weighted by Gasteiger charge is 2.33. The van der Waals surface area contributed by atoms with Crippen LogP contribution in [0.2, 0.25) is 0 Å². The maximum atomic E-state index is 11.7. The van der Waals surface area contributed by atoms with Crippen LogP contribution in [0.25, 0.3) is 0 Å². The van der Waals surface area contributed by atoms with E-state index in [1.165, 1.54) is 0 Å². The van der Waals surface area contributed by atoms with Gasteiger partial charge in [-0.3, -0.25) is 4.79 Å². The van der Waals surface area contributed by atoms with E-state index in [1.807, 2.05) is 0 Å². The van der Waals surface area contributed by atoms with Gasteiger partial charge in [0.15, 0.2) is 0 Å². The first-order valence-electron chi connectivity index (χ1n) is 6.68. The van der Waals surface area contributed by atoms with E-state index in [-0.39, 0.29) is 11.5 Å². The standard InChI is InChI=1S/C17H18O4/c1-17(16(20)21,10-12-2-6-14(18)7-3-12)11-13-4-8-15(19)9-5-13/h2-9,18-19H,10-11H2,1H3,(H,20,21). The average molecular weight is 286 g/mol. The van der Waals surface area contributed by atoms with Gasteiger partial charge in [-0.15, -0.1) is 0 Å². The number of rotatable bonds is 5. The maximum absolute atomic E-state index is 11.7. The molecule has 2 rings (SSSR count). The highest BCUT2D eigenvalue weighted by molar-refractivity contribution is 5.75. The second-order valence-corrected chi connectivity index (χ2v) is 5.55. The largest absolute Gasteiger partial charge is 0.508 e. The van der Waals surface area contributed by atoms with Crippen LogP contribution in [0.5, 0.6) is 11.5 Å². The topological polar surface area (TPSA) is 77.8 Å². The van der Waals surface area contributed by atoms with Crippen LogP contribution in [0.4, 0.5) is 0 Å². The molecule has 0 spiro atoms. The lowest BCUT2D eigenvalue weighted by atomic mass is 9.78. The molecular weight excluding hydrogens is 268 g/mol. The van der Waals surface area contributed by atoms with Crippen LogP contribution >= 0.6 is 0 Å². The SMILES string of the molecule is CC(Cc1ccc(O)cc1)(Cc1ccc(O)cc1)C(=O)O. The lowest BCUT2D eigenvalue weighted by molar-refractivity contribution is -0.147. The molecule has 4 nitrogen and oxygen atoms in total. The lowest BCUT2D eigenvalue weighted by Crippen LogP contribution is -2.32. The zero-order valence-corrected chi connectivity index (χ0v) is 11.8. The zero-order valence-electron chi connectivity index (χ0n) is 11.8. The van der Waals surface area contributed by atoms with Gasteiger partial charge in [0.25, 0.3) is 0 Å². The van der Waals surface area contributed by atoms with E-state index in [1.54, 1.807) is 55.5 Å². The van der Waals surface area contributed by atoms with Gasteiger partial charge in [0, 0.05) is 0 Å². The summed E-state index contributed by atoms with van der Waals surface area (Å²) in [5.74, 6) is -0.549. The molecule has 2 aromatic rings. The van der Waals surface area contributed by atoms with Crippen molar-refractivity contribution in [3.8, 4) is 11.5 Å². The van der Waals surface area contributed by atoms with Crippen molar-refractivity contribution in [2.75, 3.05) is 0 Å². The molecule has 0 fully saturated rings. The summed E-state index contributed by atoms with van der Waals surface area (Å²) in [6.45, 7) is 1.70. The van der Waals surface area contributed by atoms with Gasteiger partial charge in [0.05, 0.1) is 5.41 Å². The molecule has 0 saturated carbocycles. The van der Waals surface area contributed by atoms with Crippen LogP contribution in [-0.4, -0.2) is 21.3 Å². The van der Waals surface area contributed by atoms with Gasteiger partial charge in [-0.25, -0.2) is 0 Å². The fourth-order valence-electron chi connectivity index (χ4n) is 2.34. The highest BCUT2D eigenvalue weighted by Crippen LogP contribution is 2.29. The van der Waals surface area contributed by atoms with Gasteiger partial charge >= 0.3 is 5.97 Å². The molecule has 21 heavy (non-hydrogen) atoms. The summed E-state index contributed by atoms with van der Waals surface area (Å²) in [5, 5.41) is 28.1. The van der Waals surface area contributed by atoms with Crippen molar-refractivity contribution < 1.29 is 20.1 Å². The summed E-state index contributed by atoms with van der Waals surface area (Å²) in [4.78, 5) is 11.7. The van der Waals surface area contributed by atoms with Crippen molar-refractivity contribution in [3.05, 3.63) is 59.7 Å². The van der Waals surface area contributed by atoms with Crippen molar-refractivity contribution in [1.82, 2.24) is 0 Å². The molecule has 0 aliphatic rings. The van der Waals surface area contributed by atoms with Crippen LogP contribution in [0, 0.1) is 5.41 Å². The first-order chi connectivity index (χ1) is 9.89. The number of hydrogen-bond donors (Lipinski definition) is 3. The first kappa shape index (κ1) is 14.9. The number of benzene rings is 2. The third kappa shape index (κ3) is 3.75. The molecule has 3 N–H and O–H groups in total. The molecule has 0 aliphatic heterocycles. The van der Waals surface area contributed by atoms with Gasteiger partial charge in [-0.05, 0) is 55.2 Å². The van der Waals surface area contributed by atoms with Crippen LogP contribution in [0.1, 0.15) is 18.1 Å². The normalized spacial score (nSPS) is 11.3. The average Bonchev–Trinajstić information content (AvgIpc) is 2.44. The molecule has 2 aromatic carbocycles. The van der Waals surface area contributed by atoms with Crippen molar-refractivity contribution in [2.24, 2.45) is 5.41 Å². The van der Waals surface area contributed by atoms with E-state index in [4.69, 9.17) is 0 Å². The Morgan fingerprint density at radius 3 is 1.48 bits per heavy atom. The monoisotopic (exact) mass is 286 g/mol. The summed E-state index contributed by atoms with van der Waals surface area (Å²) in [6.07, 6.45) is 0.729. The van der Waals surface area contributed by atoms with E-state index >= 15 is 0 Å². The molecule has 0 aromatic heterocycles. The maximum Gasteiger partial charge on any atom is 0.310 e. The van der Waals surface area contributed by atoms with Crippen molar-refractivity contribution in [3.63, 3.8) is 0 Å². The number of hydrogen-bond acceptors (Lipinski definition) is 3. The van der Waals surface area contributed by atoms with E-state index in [9.17, 15) is 20.1 Å². The Hall–Kier alpha value is -2.49. The minimum Gasteiger partial charge on any atom is -0.508 e. The third-order valence-corrected chi connectivity index (χ3v) is 3.58. The summed E-state index contributed by atoms with van der Waals surface area (Å²) in [7, 11) is 0. The second-order valence-electron chi connectivity index (χ2n) is 5.55. The van der Waals surface area contributed by atoms with E-state index < -0.39 is 11.4 Å². The van der Waals surface area contributed by atoms with Crippen molar-refractivity contribution in [1.29, 1.82) is 0 Å². The van der Waals surface area contributed by atoms with Gasteiger partial charge in [-0.2, -0.15) is 0 Å². The smallest absolute Gasteiger partial charge is 0.310 e. The van der Waals surface area contributed by atoms with Crippen molar-refractivity contribution in [2.45, 2.75) is 19.8 Å². The second kappa shape index (κ2) is 5.87. The molecule has 4 heteroatoms. The minimum atomic E-state index is -0.950. The number of phenolic OH excluding ortho intramolecular Hbond substituents is 2. The molecule has 110 valence electrons. The molecular formula is C17H18O4. The fourth-order valence-corrected chi connectivity index (χ4v) is 2.34. The summed E-state index contributed by atoms with van der Waals surface area (Å²) < 4.78 is 0. The van der Waals surface area contributed by atoms with Crippen LogP contribution in [0.15, 0.2) is 48.5 Å². The summed E-state index contributed by atoms with van der Waals surface area (Å²) in [6, 6.07) is 13.1. The number of phenols is 2. The minimum absolute atomic E-state index is 0.161. The Balaban J connectivity index is 2.21. The van der Waals surface area contributed by atoms with E-state index in [0.717, 1.165) is 11.1 Å². The number of carboxylic acid groups (broad SMARTS) is 1. The van der Waals surface area contributed by atoms with Crippen LogP contribution < -0.4 is 0 Å². The first-order valence-corrected chi connectivity index (χ1v) is 6.68. The van der Waals surface area contributed by atoms with Gasteiger partial charge < -0.3 is 15.3 Å². The fraction of sp³-hybridized carbons (Fsp3) is 0.235. The number of carboxylic acids is 1. The van der Waals surface area contributed by atoms with E-state index in [0.29, 0.717) is 12.8 Å². The Labute approximate surface area is 123 Å². The van der Waals surface area contributed by atoms with E-state index in [2.05, 4.69) is 0 Å². The Bertz CT molecular complexity index is 567. The number of aliphatic carboxylic acids is 1. The summed E-state index contributed by atoms with van der Waals surface area (Å²) in [5.41, 5.74) is 0.765. The number of aromatic hydroxyl groups is 2. The molecule has 0 amide bonds. The molecule has 0 aliphatic carbocycles. The Kier molecular flexibility index (Phi) is 4.17. The lowest BCUT2D eigenvalue weighted by Gasteiger charge is -2.25. The predicted octanol–water partition coefficient (Wildman–Crippen LogP) is 2.97. The van der Waals surface area contributed by atoms with Crippen LogP contribution in [0.3, 0.4) is 0 Å². The van der Waals surface area contributed by atoms with Crippen LogP contribution in [-0.2, 0) is 17.6 Å². The Morgan fingerprint density at radius 2 is 1.19 bits per heavy atom. The molecule has 0 saturated heterocycles. The summed E-state index contributed by atoms with van der Waals surface area (Å²) >= 11 is 0.